The molecule has 0 saturated carbocycles. The lowest BCUT2D eigenvalue weighted by Crippen LogP contribution is -2.55. The van der Waals surface area contributed by atoms with Gasteiger partial charge in [0.2, 0.25) is 0 Å². The monoisotopic (exact) mass is 230 g/mol. The van der Waals surface area contributed by atoms with E-state index in [2.05, 4.69) is 51.3 Å². The lowest BCUT2D eigenvalue weighted by molar-refractivity contribution is 0.0966. The minimum atomic E-state index is -0.114. The Morgan fingerprint density at radius 1 is 1.33 bits per heavy atom. The van der Waals surface area contributed by atoms with Crippen LogP contribution in [0.25, 0.3) is 0 Å². The maximum Gasteiger partial charge on any atom is 0.0161 e. The minimum absolute atomic E-state index is 0.114. The summed E-state index contributed by atoms with van der Waals surface area (Å²) in [6.07, 6.45) is 0. The van der Waals surface area contributed by atoms with E-state index < -0.39 is 0 Å². The third-order valence-corrected chi connectivity index (χ3v) is 5.04. The Bertz CT molecular complexity index is 208. The summed E-state index contributed by atoms with van der Waals surface area (Å²) >= 11 is 2.07. The second kappa shape index (κ2) is 4.64. The van der Waals surface area contributed by atoms with E-state index in [4.69, 9.17) is 5.73 Å². The normalized spacial score (nSPS) is 25.6. The zero-order chi connectivity index (χ0) is 11.7. The SMILES string of the molecule is CC1CSCCN1CC(C)(C)C(C)(C)N. The van der Waals surface area contributed by atoms with E-state index in [0.717, 1.165) is 6.54 Å². The molecule has 1 aliphatic rings. The van der Waals surface area contributed by atoms with E-state index in [1.54, 1.807) is 0 Å². The molecule has 1 saturated heterocycles. The van der Waals surface area contributed by atoms with Crippen LogP contribution in [0, 0.1) is 5.41 Å². The molecule has 2 nitrogen and oxygen atoms in total. The molecule has 1 rings (SSSR count). The van der Waals surface area contributed by atoms with Crippen LogP contribution in [0.2, 0.25) is 0 Å². The van der Waals surface area contributed by atoms with Crippen LogP contribution in [0.15, 0.2) is 0 Å². The van der Waals surface area contributed by atoms with E-state index in [9.17, 15) is 0 Å². The largest absolute Gasteiger partial charge is 0.325 e. The van der Waals surface area contributed by atoms with Gasteiger partial charge in [0, 0.05) is 36.2 Å². The summed E-state index contributed by atoms with van der Waals surface area (Å²) in [5, 5.41) is 0. The molecule has 1 unspecified atom stereocenters. The van der Waals surface area contributed by atoms with Gasteiger partial charge in [-0.05, 0) is 26.2 Å². The number of thioether (sulfide) groups is 1. The van der Waals surface area contributed by atoms with E-state index in [1.807, 2.05) is 0 Å². The van der Waals surface area contributed by atoms with Gasteiger partial charge < -0.3 is 5.73 Å². The third kappa shape index (κ3) is 3.36. The van der Waals surface area contributed by atoms with Crippen molar-refractivity contribution in [3.8, 4) is 0 Å². The fourth-order valence-corrected chi connectivity index (χ4v) is 2.79. The van der Waals surface area contributed by atoms with Crippen molar-refractivity contribution >= 4 is 11.8 Å². The van der Waals surface area contributed by atoms with Gasteiger partial charge in [0.25, 0.3) is 0 Å². The van der Waals surface area contributed by atoms with Crippen LogP contribution in [-0.2, 0) is 0 Å². The number of nitrogens with zero attached hydrogens (tertiary/aromatic N) is 1. The van der Waals surface area contributed by atoms with Crippen molar-refractivity contribution in [3.05, 3.63) is 0 Å². The Labute approximate surface area is 99.0 Å². The second-order valence-electron chi connectivity index (χ2n) is 6.00. The summed E-state index contributed by atoms with van der Waals surface area (Å²) < 4.78 is 0. The smallest absolute Gasteiger partial charge is 0.0161 e. The molecule has 0 spiro atoms. The molecule has 90 valence electrons. The van der Waals surface area contributed by atoms with Crippen molar-refractivity contribution in [2.45, 2.75) is 46.2 Å². The molecule has 3 heteroatoms. The van der Waals surface area contributed by atoms with Gasteiger partial charge in [0.15, 0.2) is 0 Å². The van der Waals surface area contributed by atoms with E-state index in [0.29, 0.717) is 6.04 Å². The lowest BCUT2D eigenvalue weighted by Gasteiger charge is -2.45. The second-order valence-corrected chi connectivity index (χ2v) is 7.15. The van der Waals surface area contributed by atoms with Crippen LogP contribution in [0.3, 0.4) is 0 Å². The first-order valence-electron chi connectivity index (χ1n) is 5.85. The molecular weight excluding hydrogens is 204 g/mol. The van der Waals surface area contributed by atoms with Crippen LogP contribution in [0.5, 0.6) is 0 Å². The van der Waals surface area contributed by atoms with Gasteiger partial charge in [-0.1, -0.05) is 13.8 Å². The van der Waals surface area contributed by atoms with Crippen LogP contribution >= 0.6 is 11.8 Å². The molecule has 1 heterocycles. The molecule has 0 radical (unpaired) electrons. The molecular formula is C12H26N2S. The first-order valence-corrected chi connectivity index (χ1v) is 7.00. The third-order valence-electron chi connectivity index (χ3n) is 3.85. The summed E-state index contributed by atoms with van der Waals surface area (Å²) in [5.41, 5.74) is 6.30. The van der Waals surface area contributed by atoms with Gasteiger partial charge in [-0.25, -0.2) is 0 Å². The first-order chi connectivity index (χ1) is 6.74. The highest BCUT2D eigenvalue weighted by molar-refractivity contribution is 7.99. The van der Waals surface area contributed by atoms with Crippen LogP contribution in [0.1, 0.15) is 34.6 Å². The fourth-order valence-electron chi connectivity index (χ4n) is 1.71. The highest BCUT2D eigenvalue weighted by atomic mass is 32.2. The standard InChI is InChI=1S/C12H26N2S/c1-10-8-15-7-6-14(10)9-11(2,3)12(4,5)13/h10H,6-9,13H2,1-5H3. The molecule has 15 heavy (non-hydrogen) atoms. The molecule has 0 amide bonds. The number of nitrogens with two attached hydrogens (primary N) is 1. The Morgan fingerprint density at radius 3 is 2.40 bits per heavy atom. The van der Waals surface area contributed by atoms with Gasteiger partial charge in [-0.2, -0.15) is 11.8 Å². The van der Waals surface area contributed by atoms with Crippen molar-refractivity contribution in [2.75, 3.05) is 24.6 Å². The van der Waals surface area contributed by atoms with Crippen molar-refractivity contribution in [3.63, 3.8) is 0 Å². The van der Waals surface area contributed by atoms with Gasteiger partial charge >= 0.3 is 0 Å². The topological polar surface area (TPSA) is 29.3 Å². The highest BCUT2D eigenvalue weighted by Gasteiger charge is 2.36. The average molecular weight is 230 g/mol. The van der Waals surface area contributed by atoms with Crippen molar-refractivity contribution in [1.82, 2.24) is 4.90 Å². The quantitative estimate of drug-likeness (QED) is 0.806. The minimum Gasteiger partial charge on any atom is -0.325 e. The van der Waals surface area contributed by atoms with Crippen molar-refractivity contribution in [1.29, 1.82) is 0 Å². The zero-order valence-corrected chi connectivity index (χ0v) is 11.7. The summed E-state index contributed by atoms with van der Waals surface area (Å²) in [6, 6.07) is 0.699. The summed E-state index contributed by atoms with van der Waals surface area (Å²) in [6.45, 7) is 13.5. The van der Waals surface area contributed by atoms with E-state index in [1.165, 1.54) is 18.1 Å². The summed E-state index contributed by atoms with van der Waals surface area (Å²) in [7, 11) is 0. The molecule has 0 aliphatic carbocycles. The average Bonchev–Trinajstić information content (AvgIpc) is 2.06. The lowest BCUT2D eigenvalue weighted by atomic mass is 9.74. The Morgan fingerprint density at radius 2 is 1.93 bits per heavy atom. The highest BCUT2D eigenvalue weighted by Crippen LogP contribution is 2.31. The molecule has 0 aromatic heterocycles. The van der Waals surface area contributed by atoms with Gasteiger partial charge in [-0.3, -0.25) is 4.90 Å². The number of hydrogen-bond acceptors (Lipinski definition) is 3. The number of hydrogen-bond donors (Lipinski definition) is 1. The van der Waals surface area contributed by atoms with Crippen LogP contribution in [0.4, 0.5) is 0 Å². The molecule has 1 atom stereocenters. The number of rotatable bonds is 3. The van der Waals surface area contributed by atoms with Gasteiger partial charge in [0.05, 0.1) is 0 Å². The van der Waals surface area contributed by atoms with Crippen LogP contribution in [-0.4, -0.2) is 41.1 Å². The fraction of sp³-hybridized carbons (Fsp3) is 1.00. The maximum absolute atomic E-state index is 6.24. The molecule has 2 N–H and O–H groups in total. The van der Waals surface area contributed by atoms with E-state index in [-0.39, 0.29) is 11.0 Å². The van der Waals surface area contributed by atoms with Gasteiger partial charge in [0.1, 0.15) is 0 Å². The molecule has 1 aliphatic heterocycles. The summed E-state index contributed by atoms with van der Waals surface area (Å²) in [5.74, 6) is 2.53. The Kier molecular flexibility index (Phi) is 4.13. The van der Waals surface area contributed by atoms with Crippen LogP contribution < -0.4 is 5.73 Å². The molecule has 1 fully saturated rings. The Hall–Kier alpha value is 0.270. The van der Waals surface area contributed by atoms with E-state index >= 15 is 0 Å². The first kappa shape index (κ1) is 13.3. The predicted molar refractivity (Wildman–Crippen MR) is 70.4 cm³/mol. The van der Waals surface area contributed by atoms with Crippen molar-refractivity contribution < 1.29 is 0 Å². The molecule has 0 aromatic rings. The molecule has 0 aromatic carbocycles. The predicted octanol–water partition coefficient (Wildman–Crippen LogP) is 2.19. The molecule has 0 bridgehead atoms. The summed E-state index contributed by atoms with van der Waals surface area (Å²) in [4.78, 5) is 2.59. The zero-order valence-electron chi connectivity index (χ0n) is 10.8. The Balaban J connectivity index is 2.59. The van der Waals surface area contributed by atoms with Crippen molar-refractivity contribution in [2.24, 2.45) is 11.1 Å². The van der Waals surface area contributed by atoms with Gasteiger partial charge in [-0.15, -0.1) is 0 Å². The maximum atomic E-state index is 6.24.